The average molecular weight is 218 g/mol. The fourth-order valence-electron chi connectivity index (χ4n) is 2.21. The fraction of sp³-hybridized carbons (Fsp3) is 0.417. The third-order valence-electron chi connectivity index (χ3n) is 3.06. The Morgan fingerprint density at radius 3 is 2.87 bits per heavy atom. The molecule has 1 fully saturated rings. The Labute approximate surface area is 93.7 Å². The van der Waals surface area contributed by atoms with Gasteiger partial charge in [0.05, 0.1) is 5.52 Å². The zero-order chi connectivity index (χ0) is 10.1. The molecule has 2 nitrogen and oxygen atoms in total. The molecule has 0 bridgehead atoms. The van der Waals surface area contributed by atoms with Crippen molar-refractivity contribution in [2.45, 2.75) is 19.3 Å². The molecule has 1 aromatic heterocycles. The minimum absolute atomic E-state index is 1.13. The summed E-state index contributed by atoms with van der Waals surface area (Å²) in [6.45, 7) is 2.42. The molecule has 1 aromatic carbocycles. The van der Waals surface area contributed by atoms with Gasteiger partial charge in [-0.3, -0.25) is 0 Å². The summed E-state index contributed by atoms with van der Waals surface area (Å²) in [6, 6.07) is 6.60. The zero-order valence-electron chi connectivity index (χ0n) is 8.65. The third kappa shape index (κ3) is 1.72. The van der Waals surface area contributed by atoms with Crippen LogP contribution in [0.3, 0.4) is 0 Å². The SMILES string of the molecule is c1cc2nscc2cc1N1CCCCC1. The molecule has 0 aliphatic carbocycles. The molecule has 3 heteroatoms. The van der Waals surface area contributed by atoms with Gasteiger partial charge in [-0.2, -0.15) is 4.37 Å². The number of anilines is 1. The molecule has 1 aliphatic heterocycles. The summed E-state index contributed by atoms with van der Waals surface area (Å²) >= 11 is 1.54. The van der Waals surface area contributed by atoms with E-state index in [1.807, 2.05) is 0 Å². The molecule has 0 N–H and O–H groups in total. The van der Waals surface area contributed by atoms with Gasteiger partial charge < -0.3 is 4.90 Å². The van der Waals surface area contributed by atoms with Gasteiger partial charge in [-0.1, -0.05) is 0 Å². The Balaban J connectivity index is 1.95. The lowest BCUT2D eigenvalue weighted by Gasteiger charge is -2.28. The van der Waals surface area contributed by atoms with E-state index in [1.54, 1.807) is 0 Å². The predicted molar refractivity (Wildman–Crippen MR) is 65.7 cm³/mol. The van der Waals surface area contributed by atoms with E-state index in [9.17, 15) is 0 Å². The lowest BCUT2D eigenvalue weighted by molar-refractivity contribution is 0.578. The first-order valence-electron chi connectivity index (χ1n) is 5.52. The number of piperidine rings is 1. The van der Waals surface area contributed by atoms with Crippen LogP contribution in [0.15, 0.2) is 23.6 Å². The highest BCUT2D eigenvalue weighted by Crippen LogP contribution is 2.25. The quantitative estimate of drug-likeness (QED) is 0.730. The number of aromatic nitrogens is 1. The summed E-state index contributed by atoms with van der Waals surface area (Å²) in [7, 11) is 0. The van der Waals surface area contributed by atoms with E-state index < -0.39 is 0 Å². The molecule has 0 saturated carbocycles. The molecule has 0 amide bonds. The van der Waals surface area contributed by atoms with E-state index in [4.69, 9.17) is 0 Å². The van der Waals surface area contributed by atoms with Gasteiger partial charge in [-0.15, -0.1) is 0 Å². The maximum Gasteiger partial charge on any atom is 0.0842 e. The van der Waals surface area contributed by atoms with Crippen LogP contribution in [-0.2, 0) is 0 Å². The summed E-state index contributed by atoms with van der Waals surface area (Å²) in [5.74, 6) is 0. The molecule has 1 saturated heterocycles. The van der Waals surface area contributed by atoms with Gasteiger partial charge >= 0.3 is 0 Å². The summed E-state index contributed by atoms with van der Waals surface area (Å²) in [4.78, 5) is 2.49. The Bertz CT molecular complexity index is 457. The van der Waals surface area contributed by atoms with Crippen LogP contribution < -0.4 is 4.90 Å². The van der Waals surface area contributed by atoms with Gasteiger partial charge in [0.15, 0.2) is 0 Å². The van der Waals surface area contributed by atoms with E-state index in [2.05, 4.69) is 32.9 Å². The van der Waals surface area contributed by atoms with E-state index in [0.717, 1.165) is 5.52 Å². The number of hydrogen-bond donors (Lipinski definition) is 0. The van der Waals surface area contributed by atoms with Crippen molar-refractivity contribution in [3.05, 3.63) is 23.6 Å². The Morgan fingerprint density at radius 2 is 2.00 bits per heavy atom. The maximum absolute atomic E-state index is 4.33. The molecule has 78 valence electrons. The van der Waals surface area contributed by atoms with E-state index in [0.29, 0.717) is 0 Å². The molecule has 0 unspecified atom stereocenters. The van der Waals surface area contributed by atoms with Gasteiger partial charge in [0.25, 0.3) is 0 Å². The second kappa shape index (κ2) is 3.81. The first kappa shape index (κ1) is 9.16. The predicted octanol–water partition coefficient (Wildman–Crippen LogP) is 3.29. The molecular weight excluding hydrogens is 204 g/mol. The van der Waals surface area contributed by atoms with Crippen LogP contribution in [0.4, 0.5) is 5.69 Å². The van der Waals surface area contributed by atoms with Crippen molar-refractivity contribution in [3.63, 3.8) is 0 Å². The molecule has 0 spiro atoms. The minimum atomic E-state index is 1.13. The molecule has 2 aromatic rings. The van der Waals surface area contributed by atoms with Gasteiger partial charge in [-0.05, 0) is 49.0 Å². The first-order valence-corrected chi connectivity index (χ1v) is 6.36. The minimum Gasteiger partial charge on any atom is -0.372 e. The Kier molecular flexibility index (Phi) is 2.33. The number of fused-ring (bicyclic) bond motifs is 1. The molecular formula is C12H14N2S. The first-order chi connectivity index (χ1) is 7.43. The Hall–Kier alpha value is -1.09. The summed E-state index contributed by atoms with van der Waals surface area (Å²) < 4.78 is 4.33. The van der Waals surface area contributed by atoms with Crippen molar-refractivity contribution < 1.29 is 0 Å². The lowest BCUT2D eigenvalue weighted by atomic mass is 10.1. The molecule has 1 aliphatic rings. The zero-order valence-corrected chi connectivity index (χ0v) is 9.46. The second-order valence-electron chi connectivity index (χ2n) is 4.11. The van der Waals surface area contributed by atoms with Crippen LogP contribution >= 0.6 is 11.5 Å². The van der Waals surface area contributed by atoms with Crippen molar-refractivity contribution in [3.8, 4) is 0 Å². The van der Waals surface area contributed by atoms with Crippen LogP contribution in [0.2, 0.25) is 0 Å². The molecule has 2 heterocycles. The van der Waals surface area contributed by atoms with Crippen molar-refractivity contribution in [2.24, 2.45) is 0 Å². The number of rotatable bonds is 1. The molecule has 0 radical (unpaired) electrons. The monoisotopic (exact) mass is 218 g/mol. The molecule has 15 heavy (non-hydrogen) atoms. The highest BCUT2D eigenvalue weighted by atomic mass is 32.1. The van der Waals surface area contributed by atoms with Crippen LogP contribution in [-0.4, -0.2) is 17.5 Å². The van der Waals surface area contributed by atoms with Crippen molar-refractivity contribution in [1.29, 1.82) is 0 Å². The van der Waals surface area contributed by atoms with Gasteiger partial charge in [-0.25, -0.2) is 0 Å². The van der Waals surface area contributed by atoms with Crippen molar-refractivity contribution in [1.82, 2.24) is 4.37 Å². The third-order valence-corrected chi connectivity index (χ3v) is 3.72. The topological polar surface area (TPSA) is 16.1 Å². The van der Waals surface area contributed by atoms with E-state index in [1.165, 1.54) is 55.0 Å². The van der Waals surface area contributed by atoms with Crippen molar-refractivity contribution in [2.75, 3.05) is 18.0 Å². The summed E-state index contributed by atoms with van der Waals surface area (Å²) in [6.07, 6.45) is 4.05. The van der Waals surface area contributed by atoms with Gasteiger partial charge in [0.2, 0.25) is 0 Å². The number of hydrogen-bond acceptors (Lipinski definition) is 3. The number of benzene rings is 1. The van der Waals surface area contributed by atoms with Crippen LogP contribution in [0, 0.1) is 0 Å². The summed E-state index contributed by atoms with van der Waals surface area (Å²) in [5, 5.41) is 3.41. The standard InChI is InChI=1S/C12H14N2S/c1-2-6-14(7-3-1)11-4-5-12-10(8-11)9-15-13-12/h4-5,8-9H,1-3,6-7H2. The van der Waals surface area contributed by atoms with Crippen LogP contribution in [0.5, 0.6) is 0 Å². The highest BCUT2D eigenvalue weighted by molar-refractivity contribution is 7.04. The van der Waals surface area contributed by atoms with Crippen LogP contribution in [0.25, 0.3) is 10.9 Å². The average Bonchev–Trinajstić information content (AvgIpc) is 2.77. The Morgan fingerprint density at radius 1 is 1.13 bits per heavy atom. The molecule has 0 atom stereocenters. The fourth-order valence-corrected chi connectivity index (χ4v) is 2.84. The lowest BCUT2D eigenvalue weighted by Crippen LogP contribution is -2.29. The number of nitrogens with zero attached hydrogens (tertiary/aromatic N) is 2. The van der Waals surface area contributed by atoms with Crippen molar-refractivity contribution >= 4 is 28.1 Å². The normalized spacial score (nSPS) is 17.2. The second-order valence-corrected chi connectivity index (χ2v) is 4.73. The van der Waals surface area contributed by atoms with E-state index in [-0.39, 0.29) is 0 Å². The maximum atomic E-state index is 4.33. The smallest absolute Gasteiger partial charge is 0.0842 e. The van der Waals surface area contributed by atoms with Crippen LogP contribution in [0.1, 0.15) is 19.3 Å². The van der Waals surface area contributed by atoms with Gasteiger partial charge in [0, 0.05) is 29.5 Å². The molecule has 3 rings (SSSR count). The summed E-state index contributed by atoms with van der Waals surface area (Å²) in [5.41, 5.74) is 2.49. The highest BCUT2D eigenvalue weighted by Gasteiger charge is 2.11. The largest absolute Gasteiger partial charge is 0.372 e. The van der Waals surface area contributed by atoms with E-state index >= 15 is 0 Å². The van der Waals surface area contributed by atoms with Gasteiger partial charge in [0.1, 0.15) is 0 Å².